The molecule has 6 heteroatoms. The third-order valence-corrected chi connectivity index (χ3v) is 9.24. The van der Waals surface area contributed by atoms with Crippen molar-refractivity contribution in [3.05, 3.63) is 64.9 Å². The van der Waals surface area contributed by atoms with Crippen molar-refractivity contribution in [1.29, 1.82) is 0 Å². The predicted molar refractivity (Wildman–Crippen MR) is 115 cm³/mol. The highest BCUT2D eigenvalue weighted by Gasteiger charge is 2.37. The van der Waals surface area contributed by atoms with Crippen LogP contribution in [0, 0.1) is 11.7 Å². The first-order valence-corrected chi connectivity index (χ1v) is 12.3. The lowest BCUT2D eigenvalue weighted by Crippen LogP contribution is -2.36. The fraction of sp³-hybridized carbons (Fsp3) is 0.478. The number of benzene rings is 2. The molecule has 1 saturated carbocycles. The third kappa shape index (κ3) is 4.68. The van der Waals surface area contributed by atoms with Crippen LogP contribution in [0.5, 0.6) is 0 Å². The van der Waals surface area contributed by atoms with E-state index in [1.165, 1.54) is 5.56 Å². The van der Waals surface area contributed by atoms with Gasteiger partial charge < -0.3 is 4.90 Å². The zero-order valence-electron chi connectivity index (χ0n) is 16.4. The van der Waals surface area contributed by atoms with E-state index in [2.05, 4.69) is 4.90 Å². The van der Waals surface area contributed by atoms with Crippen molar-refractivity contribution in [2.45, 2.75) is 48.2 Å². The van der Waals surface area contributed by atoms with Crippen molar-refractivity contribution in [2.24, 2.45) is 5.92 Å². The van der Waals surface area contributed by atoms with Gasteiger partial charge in [0, 0.05) is 6.54 Å². The molecule has 0 bridgehead atoms. The minimum absolute atomic E-state index is 0.186. The maximum atomic E-state index is 13.1. The molecule has 2 aromatic rings. The van der Waals surface area contributed by atoms with Gasteiger partial charge in [-0.05, 0) is 86.9 Å². The Morgan fingerprint density at radius 2 is 1.66 bits per heavy atom. The first kappa shape index (κ1) is 20.8. The van der Waals surface area contributed by atoms with E-state index in [4.69, 9.17) is 11.6 Å². The number of piperidine rings is 1. The lowest BCUT2D eigenvalue weighted by atomic mass is 9.89. The molecule has 1 aliphatic carbocycles. The molecule has 0 N–H and O–H groups in total. The molecule has 0 amide bonds. The summed E-state index contributed by atoms with van der Waals surface area (Å²) in [5.74, 6) is 0.720. The second kappa shape index (κ2) is 8.75. The Kier molecular flexibility index (Phi) is 6.28. The molecule has 1 saturated heterocycles. The van der Waals surface area contributed by atoms with E-state index in [9.17, 15) is 12.8 Å². The fourth-order valence-corrected chi connectivity index (χ4v) is 7.28. The number of likely N-dealkylation sites (tertiary alicyclic amines) is 1. The molecule has 0 radical (unpaired) electrons. The van der Waals surface area contributed by atoms with Gasteiger partial charge in [0.25, 0.3) is 0 Å². The van der Waals surface area contributed by atoms with E-state index in [0.29, 0.717) is 29.7 Å². The Labute approximate surface area is 177 Å². The van der Waals surface area contributed by atoms with Gasteiger partial charge in [0.05, 0.1) is 15.2 Å². The monoisotopic (exact) mass is 435 g/mol. The molecule has 0 aromatic heterocycles. The first-order chi connectivity index (χ1) is 13.9. The highest BCUT2D eigenvalue weighted by Crippen LogP contribution is 2.37. The fourth-order valence-electron chi connectivity index (χ4n) is 4.88. The minimum Gasteiger partial charge on any atom is -0.303 e. The highest BCUT2D eigenvalue weighted by molar-refractivity contribution is 7.92. The van der Waals surface area contributed by atoms with E-state index >= 15 is 0 Å². The number of hydrogen-bond acceptors (Lipinski definition) is 3. The standard InChI is InChI=1S/C23H27ClFNO2S/c24-22-3-1-2-4-23(22)29(27,28)21-10-5-17(15-21)16-26-13-11-19(12-14-26)18-6-8-20(25)9-7-18/h1-4,6-9,17,19,21H,5,10-16H2. The molecule has 1 heterocycles. The molecule has 3 nitrogen and oxygen atoms in total. The van der Waals surface area contributed by atoms with Crippen LogP contribution in [-0.2, 0) is 9.84 Å². The Morgan fingerprint density at radius 1 is 0.966 bits per heavy atom. The smallest absolute Gasteiger partial charge is 0.182 e. The van der Waals surface area contributed by atoms with E-state index < -0.39 is 9.84 Å². The zero-order chi connectivity index (χ0) is 20.4. The Bertz CT molecular complexity index is 940. The summed E-state index contributed by atoms with van der Waals surface area (Å²) in [4.78, 5) is 2.74. The van der Waals surface area contributed by atoms with Crippen molar-refractivity contribution < 1.29 is 12.8 Å². The van der Waals surface area contributed by atoms with Gasteiger partial charge >= 0.3 is 0 Å². The number of hydrogen-bond donors (Lipinski definition) is 0. The SMILES string of the molecule is O=S(=O)(c1ccccc1Cl)C1CCC(CN2CCC(c3ccc(F)cc3)CC2)C1. The van der Waals surface area contributed by atoms with Crippen molar-refractivity contribution in [3.63, 3.8) is 0 Å². The number of halogens is 2. The maximum absolute atomic E-state index is 13.1. The van der Waals surface area contributed by atoms with Gasteiger partial charge in [-0.25, -0.2) is 12.8 Å². The first-order valence-electron chi connectivity index (χ1n) is 10.4. The van der Waals surface area contributed by atoms with Crippen LogP contribution < -0.4 is 0 Å². The van der Waals surface area contributed by atoms with E-state index in [0.717, 1.165) is 38.9 Å². The van der Waals surface area contributed by atoms with Crippen molar-refractivity contribution in [2.75, 3.05) is 19.6 Å². The molecule has 0 spiro atoms. The van der Waals surface area contributed by atoms with E-state index in [-0.39, 0.29) is 16.0 Å². The quantitative estimate of drug-likeness (QED) is 0.639. The number of nitrogens with zero attached hydrogens (tertiary/aromatic N) is 1. The normalized spacial score (nSPS) is 24.1. The molecule has 29 heavy (non-hydrogen) atoms. The number of sulfone groups is 1. The molecule has 2 aromatic carbocycles. The van der Waals surface area contributed by atoms with Gasteiger partial charge in [-0.1, -0.05) is 35.9 Å². The number of rotatable bonds is 5. The maximum Gasteiger partial charge on any atom is 0.182 e. The molecule has 2 fully saturated rings. The van der Waals surface area contributed by atoms with Crippen LogP contribution in [0.3, 0.4) is 0 Å². The summed E-state index contributed by atoms with van der Waals surface area (Å²) in [6.45, 7) is 2.99. The lowest BCUT2D eigenvalue weighted by Gasteiger charge is -2.33. The lowest BCUT2D eigenvalue weighted by molar-refractivity contribution is 0.183. The molecule has 156 valence electrons. The van der Waals surface area contributed by atoms with Crippen LogP contribution in [0.4, 0.5) is 4.39 Å². The van der Waals surface area contributed by atoms with Gasteiger partial charge in [-0.15, -0.1) is 0 Å². The van der Waals surface area contributed by atoms with Crippen molar-refractivity contribution in [1.82, 2.24) is 4.90 Å². The largest absolute Gasteiger partial charge is 0.303 e. The van der Waals surface area contributed by atoms with Crippen LogP contribution in [0.1, 0.15) is 43.6 Å². The van der Waals surface area contributed by atoms with Gasteiger partial charge in [0.2, 0.25) is 0 Å². The highest BCUT2D eigenvalue weighted by atomic mass is 35.5. The molecular weight excluding hydrogens is 409 g/mol. The minimum atomic E-state index is -3.37. The summed E-state index contributed by atoms with van der Waals surface area (Å²) in [6, 6.07) is 13.6. The van der Waals surface area contributed by atoms with Crippen molar-refractivity contribution >= 4 is 21.4 Å². The summed E-state index contributed by atoms with van der Waals surface area (Å²) in [5.41, 5.74) is 1.22. The van der Waals surface area contributed by atoms with E-state index in [1.54, 1.807) is 36.4 Å². The zero-order valence-corrected chi connectivity index (χ0v) is 18.0. The summed E-state index contributed by atoms with van der Waals surface area (Å²) in [6.07, 6.45) is 4.52. The van der Waals surface area contributed by atoms with Gasteiger partial charge in [0.1, 0.15) is 5.82 Å². The topological polar surface area (TPSA) is 37.4 Å². The van der Waals surface area contributed by atoms with Crippen LogP contribution in [-0.4, -0.2) is 38.2 Å². The van der Waals surface area contributed by atoms with E-state index in [1.807, 2.05) is 12.1 Å². The van der Waals surface area contributed by atoms with Crippen LogP contribution in [0.2, 0.25) is 5.02 Å². The average molecular weight is 436 g/mol. The molecule has 2 aliphatic rings. The van der Waals surface area contributed by atoms with Gasteiger partial charge in [-0.2, -0.15) is 0 Å². The molecule has 4 rings (SSSR count). The molecule has 1 aliphatic heterocycles. The molecular formula is C23H27ClFNO2S. The second-order valence-electron chi connectivity index (χ2n) is 8.40. The van der Waals surface area contributed by atoms with Crippen molar-refractivity contribution in [3.8, 4) is 0 Å². The summed E-state index contributed by atoms with van der Waals surface area (Å²) >= 11 is 6.14. The third-order valence-electron chi connectivity index (χ3n) is 6.52. The average Bonchev–Trinajstić information content (AvgIpc) is 3.19. The van der Waals surface area contributed by atoms with Crippen LogP contribution in [0.15, 0.2) is 53.4 Å². The Balaban J connectivity index is 1.31. The second-order valence-corrected chi connectivity index (χ2v) is 11.0. The van der Waals surface area contributed by atoms with Gasteiger partial charge in [-0.3, -0.25) is 0 Å². The summed E-state index contributed by atoms with van der Waals surface area (Å²) in [7, 11) is -3.37. The van der Waals surface area contributed by atoms with Gasteiger partial charge in [0.15, 0.2) is 9.84 Å². The predicted octanol–water partition coefficient (Wildman–Crippen LogP) is 5.30. The molecule has 2 unspecified atom stereocenters. The Morgan fingerprint density at radius 3 is 2.34 bits per heavy atom. The summed E-state index contributed by atoms with van der Waals surface area (Å²) in [5, 5.41) is -0.0111. The Hall–Kier alpha value is -1.43. The summed E-state index contributed by atoms with van der Waals surface area (Å²) < 4.78 is 39.1. The molecule has 2 atom stereocenters. The van der Waals surface area contributed by atoms with Crippen LogP contribution in [0.25, 0.3) is 0 Å². The van der Waals surface area contributed by atoms with Crippen LogP contribution >= 0.6 is 11.6 Å².